The number of rotatable bonds is 5. The normalized spacial score (nSPS) is 31.7. The van der Waals surface area contributed by atoms with Crippen molar-refractivity contribution in [1.82, 2.24) is 0 Å². The third-order valence-corrected chi connectivity index (χ3v) is 4.01. The molecule has 1 aliphatic heterocycles. The molecule has 1 aromatic rings. The number of esters is 1. The minimum Gasteiger partial charge on any atom is -0.454 e. The van der Waals surface area contributed by atoms with E-state index in [2.05, 4.69) is 0 Å². The topological polar surface area (TPSA) is 65.0 Å². The van der Waals surface area contributed by atoms with E-state index in [4.69, 9.17) is 14.2 Å². The molecular formula is C17H24O5. The smallest absolute Gasteiger partial charge is 0.303 e. The van der Waals surface area contributed by atoms with Crippen molar-refractivity contribution in [2.75, 3.05) is 0 Å². The summed E-state index contributed by atoms with van der Waals surface area (Å²) in [5.41, 5.74) is 1.03. The molecule has 0 amide bonds. The van der Waals surface area contributed by atoms with Gasteiger partial charge >= 0.3 is 5.97 Å². The van der Waals surface area contributed by atoms with Gasteiger partial charge in [0.25, 0.3) is 0 Å². The lowest BCUT2D eigenvalue weighted by Crippen LogP contribution is -2.55. The zero-order valence-electron chi connectivity index (χ0n) is 13.3. The van der Waals surface area contributed by atoms with Gasteiger partial charge in [-0.3, -0.25) is 4.79 Å². The molecule has 0 radical (unpaired) electrons. The van der Waals surface area contributed by atoms with Gasteiger partial charge in [0.05, 0.1) is 12.7 Å². The largest absolute Gasteiger partial charge is 0.454 e. The number of carbonyl (C=O) groups is 1. The third-order valence-electron chi connectivity index (χ3n) is 4.01. The molecule has 0 saturated carbocycles. The first-order valence-electron chi connectivity index (χ1n) is 7.69. The number of carbonyl (C=O) groups excluding carboxylic acids is 1. The van der Waals surface area contributed by atoms with Crippen molar-refractivity contribution in [3.05, 3.63) is 35.9 Å². The third kappa shape index (κ3) is 4.06. The fourth-order valence-electron chi connectivity index (χ4n) is 2.85. The van der Waals surface area contributed by atoms with Crippen LogP contribution in [0.25, 0.3) is 0 Å². The van der Waals surface area contributed by atoms with Crippen LogP contribution in [0.4, 0.5) is 0 Å². The monoisotopic (exact) mass is 308 g/mol. The summed E-state index contributed by atoms with van der Waals surface area (Å²) >= 11 is 0. The van der Waals surface area contributed by atoms with Crippen molar-refractivity contribution in [2.45, 2.75) is 58.4 Å². The number of hydrogen-bond donors (Lipinski definition) is 1. The Bertz CT molecular complexity index is 475. The summed E-state index contributed by atoms with van der Waals surface area (Å²) < 4.78 is 16.8. The highest BCUT2D eigenvalue weighted by atomic mass is 16.7. The number of hydrogen-bond acceptors (Lipinski definition) is 5. The van der Waals surface area contributed by atoms with Gasteiger partial charge in [-0.2, -0.15) is 0 Å². The van der Waals surface area contributed by atoms with Gasteiger partial charge in [-0.1, -0.05) is 44.2 Å². The number of benzene rings is 1. The van der Waals surface area contributed by atoms with Gasteiger partial charge in [0.1, 0.15) is 6.10 Å². The lowest BCUT2D eigenvalue weighted by molar-refractivity contribution is -0.281. The van der Waals surface area contributed by atoms with Gasteiger partial charge < -0.3 is 19.3 Å². The molecule has 1 fully saturated rings. The summed E-state index contributed by atoms with van der Waals surface area (Å²) in [5.74, 6) is -0.440. The second kappa shape index (κ2) is 7.72. The summed E-state index contributed by atoms with van der Waals surface area (Å²) in [6.45, 7) is 5.70. The van der Waals surface area contributed by atoms with Crippen LogP contribution in [0.2, 0.25) is 0 Å². The minimum atomic E-state index is -1.16. The molecule has 1 N–H and O–H groups in total. The predicted molar refractivity (Wildman–Crippen MR) is 80.9 cm³/mol. The summed E-state index contributed by atoms with van der Waals surface area (Å²) in [4.78, 5) is 11.3. The summed E-state index contributed by atoms with van der Waals surface area (Å²) in [6, 6.07) is 9.77. The maximum atomic E-state index is 11.3. The van der Waals surface area contributed by atoms with Crippen LogP contribution in [0.1, 0.15) is 32.8 Å². The Morgan fingerprint density at radius 2 is 1.95 bits per heavy atom. The molecule has 5 nitrogen and oxygen atoms in total. The van der Waals surface area contributed by atoms with E-state index in [1.54, 1.807) is 0 Å². The lowest BCUT2D eigenvalue weighted by atomic mass is 9.89. The quantitative estimate of drug-likeness (QED) is 0.845. The Morgan fingerprint density at radius 3 is 2.55 bits per heavy atom. The van der Waals surface area contributed by atoms with Crippen molar-refractivity contribution >= 4 is 5.97 Å². The molecule has 0 aromatic heterocycles. The molecule has 0 unspecified atom stereocenters. The maximum absolute atomic E-state index is 11.3. The average molecular weight is 308 g/mol. The molecular weight excluding hydrogens is 284 g/mol. The number of ether oxygens (including phenoxy) is 3. The zero-order chi connectivity index (χ0) is 16.1. The number of aliphatic hydroxyl groups excluding tert-OH is 1. The Balaban J connectivity index is 2.10. The van der Waals surface area contributed by atoms with Crippen LogP contribution in [0.3, 0.4) is 0 Å². The van der Waals surface area contributed by atoms with Crippen molar-refractivity contribution in [3.8, 4) is 0 Å². The lowest BCUT2D eigenvalue weighted by Gasteiger charge is -2.42. The molecule has 0 aliphatic carbocycles. The molecule has 1 aromatic carbocycles. The van der Waals surface area contributed by atoms with E-state index >= 15 is 0 Å². The van der Waals surface area contributed by atoms with E-state index in [0.29, 0.717) is 6.61 Å². The molecule has 122 valence electrons. The van der Waals surface area contributed by atoms with Crippen molar-refractivity contribution in [2.24, 2.45) is 5.92 Å². The molecule has 1 aliphatic rings. The standard InChI is InChI=1S/C17H24O5/c1-4-14-11(2)15(16(17(19)22-14)21-12(3)18)20-10-13-8-6-5-7-9-13/h5-9,11,14-17,19H,4,10H2,1-3H3/t11-,14-,15-,16+,17+/m1/s1. The maximum Gasteiger partial charge on any atom is 0.303 e. The highest BCUT2D eigenvalue weighted by molar-refractivity contribution is 5.66. The van der Waals surface area contributed by atoms with Crippen molar-refractivity contribution in [3.63, 3.8) is 0 Å². The fraction of sp³-hybridized carbons (Fsp3) is 0.588. The van der Waals surface area contributed by atoms with E-state index in [9.17, 15) is 9.90 Å². The van der Waals surface area contributed by atoms with E-state index < -0.39 is 24.5 Å². The van der Waals surface area contributed by atoms with Crippen LogP contribution in [-0.4, -0.2) is 35.7 Å². The molecule has 0 bridgehead atoms. The van der Waals surface area contributed by atoms with E-state index in [0.717, 1.165) is 12.0 Å². The summed E-state index contributed by atoms with van der Waals surface area (Å²) in [6.07, 6.45) is -1.74. The minimum absolute atomic E-state index is 0.0152. The van der Waals surface area contributed by atoms with Crippen LogP contribution in [-0.2, 0) is 25.6 Å². The summed E-state index contributed by atoms with van der Waals surface area (Å²) in [7, 11) is 0. The van der Waals surface area contributed by atoms with Gasteiger partial charge in [0.15, 0.2) is 12.4 Å². The predicted octanol–water partition coefficient (Wildman–Crippen LogP) is 2.27. The molecule has 0 spiro atoms. The van der Waals surface area contributed by atoms with E-state index in [1.807, 2.05) is 44.2 Å². The first-order chi connectivity index (χ1) is 10.5. The molecule has 5 heteroatoms. The van der Waals surface area contributed by atoms with Crippen LogP contribution in [0.5, 0.6) is 0 Å². The Kier molecular flexibility index (Phi) is 5.94. The summed E-state index contributed by atoms with van der Waals surface area (Å²) in [5, 5.41) is 10.1. The molecule has 2 rings (SSSR count). The second-order valence-corrected chi connectivity index (χ2v) is 5.67. The van der Waals surface area contributed by atoms with E-state index in [1.165, 1.54) is 6.92 Å². The zero-order valence-corrected chi connectivity index (χ0v) is 13.3. The molecule has 1 saturated heterocycles. The molecule has 5 atom stereocenters. The van der Waals surface area contributed by atoms with Crippen molar-refractivity contribution < 1.29 is 24.1 Å². The average Bonchev–Trinajstić information content (AvgIpc) is 2.50. The highest BCUT2D eigenvalue weighted by Gasteiger charge is 2.45. The molecule has 1 heterocycles. The van der Waals surface area contributed by atoms with Gasteiger partial charge in [-0.15, -0.1) is 0 Å². The van der Waals surface area contributed by atoms with E-state index in [-0.39, 0.29) is 12.0 Å². The van der Waals surface area contributed by atoms with Crippen LogP contribution >= 0.6 is 0 Å². The van der Waals surface area contributed by atoms with Gasteiger partial charge in [-0.25, -0.2) is 0 Å². The van der Waals surface area contributed by atoms with Crippen LogP contribution < -0.4 is 0 Å². The highest BCUT2D eigenvalue weighted by Crippen LogP contribution is 2.31. The van der Waals surface area contributed by atoms with Crippen LogP contribution in [0, 0.1) is 5.92 Å². The SMILES string of the molecule is CC[C@H]1O[C@H](O)[C@@H](OC(C)=O)[C@H](OCc2ccccc2)[C@@H]1C. The fourth-order valence-corrected chi connectivity index (χ4v) is 2.85. The first-order valence-corrected chi connectivity index (χ1v) is 7.69. The second-order valence-electron chi connectivity index (χ2n) is 5.67. The Hall–Kier alpha value is -1.43. The van der Waals surface area contributed by atoms with Crippen molar-refractivity contribution in [1.29, 1.82) is 0 Å². The first kappa shape index (κ1) is 16.9. The Labute approximate surface area is 131 Å². The van der Waals surface area contributed by atoms with Gasteiger partial charge in [-0.05, 0) is 12.0 Å². The van der Waals surface area contributed by atoms with Gasteiger partial charge in [0.2, 0.25) is 0 Å². The van der Waals surface area contributed by atoms with Crippen LogP contribution in [0.15, 0.2) is 30.3 Å². The number of aliphatic hydroxyl groups is 1. The van der Waals surface area contributed by atoms with Gasteiger partial charge in [0, 0.05) is 12.8 Å². The Morgan fingerprint density at radius 1 is 1.27 bits per heavy atom. The molecule has 22 heavy (non-hydrogen) atoms.